The number of ether oxygens (including phenoxy) is 1. The van der Waals surface area contributed by atoms with E-state index in [1.54, 1.807) is 0 Å². The van der Waals surface area contributed by atoms with Gasteiger partial charge in [-0.3, -0.25) is 4.79 Å². The predicted octanol–water partition coefficient (Wildman–Crippen LogP) is 5.07. The molecule has 1 spiro atoms. The van der Waals surface area contributed by atoms with Crippen molar-refractivity contribution in [3.63, 3.8) is 0 Å². The molecule has 1 aliphatic carbocycles. The van der Waals surface area contributed by atoms with Crippen LogP contribution in [0.4, 0.5) is 0 Å². The first-order valence-corrected chi connectivity index (χ1v) is 8.83. The molecule has 2 fully saturated rings. The summed E-state index contributed by atoms with van der Waals surface area (Å²) in [6.07, 6.45) is 7.86. The Labute approximate surface area is 135 Å². The molecule has 1 aromatic carbocycles. The summed E-state index contributed by atoms with van der Waals surface area (Å²) in [6, 6.07) is 6.01. The molecule has 1 aliphatic heterocycles. The van der Waals surface area contributed by atoms with E-state index in [1.165, 1.54) is 19.3 Å². The summed E-state index contributed by atoms with van der Waals surface area (Å²) in [5.74, 6) is 0.429. The average molecular weight is 351 g/mol. The lowest BCUT2D eigenvalue weighted by Gasteiger charge is -2.43. The van der Waals surface area contributed by atoms with E-state index in [1.807, 2.05) is 25.1 Å². The zero-order valence-electron chi connectivity index (χ0n) is 12.7. The predicted molar refractivity (Wildman–Crippen MR) is 87.7 cm³/mol. The molecule has 1 saturated carbocycles. The number of rotatable bonds is 2. The highest BCUT2D eigenvalue weighted by atomic mass is 79.9. The van der Waals surface area contributed by atoms with Crippen LogP contribution in [0, 0.1) is 12.8 Å². The number of hydrogen-bond donors (Lipinski definition) is 0. The van der Waals surface area contributed by atoms with Crippen LogP contribution in [0.15, 0.2) is 22.7 Å². The van der Waals surface area contributed by atoms with Gasteiger partial charge in [0.05, 0.1) is 5.60 Å². The third kappa shape index (κ3) is 3.40. The van der Waals surface area contributed by atoms with E-state index in [4.69, 9.17) is 4.74 Å². The van der Waals surface area contributed by atoms with Gasteiger partial charge in [-0.05, 0) is 56.4 Å². The molecule has 1 saturated heterocycles. The lowest BCUT2D eigenvalue weighted by atomic mass is 9.74. The van der Waals surface area contributed by atoms with Crippen molar-refractivity contribution in [2.45, 2.75) is 57.5 Å². The van der Waals surface area contributed by atoms with Gasteiger partial charge in [0.25, 0.3) is 0 Å². The Morgan fingerprint density at radius 3 is 2.71 bits per heavy atom. The smallest absolute Gasteiger partial charge is 0.166 e. The summed E-state index contributed by atoms with van der Waals surface area (Å²) in [6.45, 7) is 2.78. The van der Waals surface area contributed by atoms with Crippen molar-refractivity contribution >= 4 is 21.7 Å². The summed E-state index contributed by atoms with van der Waals surface area (Å²) in [4.78, 5) is 12.9. The van der Waals surface area contributed by atoms with Crippen LogP contribution in [0.5, 0.6) is 0 Å². The van der Waals surface area contributed by atoms with E-state index in [-0.39, 0.29) is 11.5 Å². The number of ketones is 1. The van der Waals surface area contributed by atoms with E-state index in [9.17, 15) is 4.79 Å². The normalized spacial score (nSPS) is 25.0. The fraction of sp³-hybridized carbons (Fsp3) is 0.611. The molecule has 0 radical (unpaired) electrons. The van der Waals surface area contributed by atoms with Crippen LogP contribution in [0.25, 0.3) is 0 Å². The van der Waals surface area contributed by atoms with Crippen molar-refractivity contribution < 1.29 is 9.53 Å². The van der Waals surface area contributed by atoms with E-state index in [0.717, 1.165) is 47.9 Å². The van der Waals surface area contributed by atoms with Crippen molar-refractivity contribution in [3.8, 4) is 0 Å². The van der Waals surface area contributed by atoms with Gasteiger partial charge in [-0.15, -0.1) is 0 Å². The van der Waals surface area contributed by atoms with Gasteiger partial charge >= 0.3 is 0 Å². The van der Waals surface area contributed by atoms with Crippen LogP contribution < -0.4 is 0 Å². The van der Waals surface area contributed by atoms with Crippen molar-refractivity contribution in [1.29, 1.82) is 0 Å². The van der Waals surface area contributed by atoms with Gasteiger partial charge in [-0.25, -0.2) is 0 Å². The first-order valence-electron chi connectivity index (χ1n) is 8.03. The van der Waals surface area contributed by atoms with Crippen molar-refractivity contribution in [1.82, 2.24) is 0 Å². The SMILES string of the molecule is Cc1cc(Br)cc(C(=O)C2CCOC3(CCCCC3)C2)c1. The molecule has 1 unspecified atom stereocenters. The molecule has 1 aromatic rings. The molecule has 21 heavy (non-hydrogen) atoms. The fourth-order valence-electron chi connectivity index (χ4n) is 3.91. The molecule has 1 atom stereocenters. The van der Waals surface area contributed by atoms with Crippen molar-refractivity contribution in [3.05, 3.63) is 33.8 Å². The topological polar surface area (TPSA) is 26.3 Å². The molecular formula is C18H23BrO2. The van der Waals surface area contributed by atoms with Crippen LogP contribution in [0.2, 0.25) is 0 Å². The Kier molecular flexibility index (Phi) is 4.51. The van der Waals surface area contributed by atoms with Gasteiger partial charge in [0.1, 0.15) is 0 Å². The van der Waals surface area contributed by atoms with Crippen LogP contribution in [-0.4, -0.2) is 18.0 Å². The quantitative estimate of drug-likeness (QED) is 0.696. The largest absolute Gasteiger partial charge is 0.375 e. The lowest BCUT2D eigenvalue weighted by molar-refractivity contribution is -0.111. The number of Topliss-reactive ketones (excluding diaryl/α,β-unsaturated/α-hetero) is 1. The molecule has 0 N–H and O–H groups in total. The Bertz CT molecular complexity index is 506. The molecule has 114 valence electrons. The molecule has 3 heteroatoms. The maximum atomic E-state index is 12.9. The number of carbonyl (C=O) groups excluding carboxylic acids is 1. The first kappa shape index (κ1) is 15.2. The zero-order chi connectivity index (χ0) is 14.9. The minimum atomic E-state index is -0.00210. The summed E-state index contributed by atoms with van der Waals surface area (Å²) < 4.78 is 7.10. The summed E-state index contributed by atoms with van der Waals surface area (Å²) in [7, 11) is 0. The van der Waals surface area contributed by atoms with Crippen molar-refractivity contribution in [2.24, 2.45) is 5.92 Å². The highest BCUT2D eigenvalue weighted by Crippen LogP contribution is 2.41. The monoisotopic (exact) mass is 350 g/mol. The summed E-state index contributed by atoms with van der Waals surface area (Å²) in [5.41, 5.74) is 1.98. The molecular weight excluding hydrogens is 328 g/mol. The number of carbonyl (C=O) groups is 1. The highest BCUT2D eigenvalue weighted by Gasteiger charge is 2.40. The van der Waals surface area contributed by atoms with E-state index < -0.39 is 0 Å². The number of hydrogen-bond acceptors (Lipinski definition) is 2. The maximum Gasteiger partial charge on any atom is 0.166 e. The third-order valence-electron chi connectivity index (χ3n) is 4.96. The Balaban J connectivity index is 1.77. The van der Waals surface area contributed by atoms with Gasteiger partial charge in [-0.2, -0.15) is 0 Å². The lowest BCUT2D eigenvalue weighted by Crippen LogP contribution is -2.43. The van der Waals surface area contributed by atoms with Gasteiger partial charge in [-0.1, -0.05) is 35.2 Å². The minimum Gasteiger partial charge on any atom is -0.375 e. The molecule has 2 aliphatic rings. The van der Waals surface area contributed by atoms with E-state index in [0.29, 0.717) is 5.78 Å². The maximum absolute atomic E-state index is 12.9. The summed E-state index contributed by atoms with van der Waals surface area (Å²) in [5, 5.41) is 0. The molecule has 3 rings (SSSR count). The number of benzene rings is 1. The van der Waals surface area contributed by atoms with Crippen molar-refractivity contribution in [2.75, 3.05) is 6.61 Å². The molecule has 0 amide bonds. The minimum absolute atomic E-state index is 0.00210. The second kappa shape index (κ2) is 6.21. The van der Waals surface area contributed by atoms with Gasteiger partial charge in [0.2, 0.25) is 0 Å². The molecule has 2 nitrogen and oxygen atoms in total. The first-order chi connectivity index (χ1) is 10.1. The zero-order valence-corrected chi connectivity index (χ0v) is 14.2. The van der Waals surface area contributed by atoms with Crippen LogP contribution >= 0.6 is 15.9 Å². The molecule has 1 heterocycles. The second-order valence-corrected chi connectivity index (χ2v) is 7.58. The highest BCUT2D eigenvalue weighted by molar-refractivity contribution is 9.10. The number of halogens is 1. The van der Waals surface area contributed by atoms with E-state index >= 15 is 0 Å². The Morgan fingerprint density at radius 1 is 1.24 bits per heavy atom. The van der Waals surface area contributed by atoms with Gasteiger partial charge < -0.3 is 4.74 Å². The Hall–Kier alpha value is -0.670. The standard InChI is InChI=1S/C18H23BrO2/c1-13-9-15(11-16(19)10-13)17(20)14-5-8-21-18(12-14)6-3-2-4-7-18/h9-11,14H,2-8,12H2,1H3. The van der Waals surface area contributed by atoms with Crippen LogP contribution in [0.3, 0.4) is 0 Å². The average Bonchev–Trinajstić information content (AvgIpc) is 2.46. The second-order valence-electron chi connectivity index (χ2n) is 6.66. The van der Waals surface area contributed by atoms with Gasteiger partial charge in [0, 0.05) is 22.6 Å². The summed E-state index contributed by atoms with van der Waals surface area (Å²) >= 11 is 3.50. The van der Waals surface area contributed by atoms with Crippen LogP contribution in [0.1, 0.15) is 60.9 Å². The molecule has 0 bridgehead atoms. The number of aryl methyl sites for hydroxylation is 1. The molecule has 0 aromatic heterocycles. The van der Waals surface area contributed by atoms with Crippen LogP contribution in [-0.2, 0) is 4.74 Å². The Morgan fingerprint density at radius 2 is 2.00 bits per heavy atom. The fourth-order valence-corrected chi connectivity index (χ4v) is 4.52. The van der Waals surface area contributed by atoms with Gasteiger partial charge in [0.15, 0.2) is 5.78 Å². The third-order valence-corrected chi connectivity index (χ3v) is 5.41. The van der Waals surface area contributed by atoms with E-state index in [2.05, 4.69) is 15.9 Å².